The van der Waals surface area contributed by atoms with Crippen molar-refractivity contribution in [3.63, 3.8) is 0 Å². The van der Waals surface area contributed by atoms with E-state index in [1.54, 1.807) is 98.8 Å². The molecule has 11 heteroatoms. The van der Waals surface area contributed by atoms with Gasteiger partial charge in [-0.1, -0.05) is 84.9 Å². The first-order valence-corrected chi connectivity index (χ1v) is 13.2. The van der Waals surface area contributed by atoms with Gasteiger partial charge in [-0.15, -0.1) is 12.4 Å². The van der Waals surface area contributed by atoms with Crippen LogP contribution in [0.25, 0.3) is 0 Å². The van der Waals surface area contributed by atoms with Crippen molar-refractivity contribution in [1.29, 1.82) is 5.41 Å². The van der Waals surface area contributed by atoms with E-state index in [0.717, 1.165) is 5.56 Å². The topological polar surface area (TPSA) is 154 Å². The van der Waals surface area contributed by atoms with Crippen LogP contribution in [0, 0.1) is 5.41 Å². The lowest BCUT2D eigenvalue weighted by molar-refractivity contribution is -0.133. The number of amidine groups is 1. The van der Waals surface area contributed by atoms with Crippen molar-refractivity contribution in [1.82, 2.24) is 15.4 Å². The molecule has 0 aliphatic carbocycles. The standard InChI is InChI=1S/C27H31N5O4S.ClH/c1-27(2,26(34)30-17-19-13-15-22(16-14-19)24(28)29)31-25(33)23(21-11-7-4-8-12-21)32-37(35,36)18-20-9-5-3-6-10-20;/h3-16,23,32H,17-18H2,1-2H3,(H3,28,29)(H,30,34)(H,31,33);1H/t23-;/m1./s1. The zero-order valence-corrected chi connectivity index (χ0v) is 22.7. The SMILES string of the molecule is CC(C)(NC(=O)[C@H](NS(=O)(=O)Cc1ccccc1)c1ccccc1)C(=O)NCc1ccc(C(=N)N)cc1.Cl. The highest BCUT2D eigenvalue weighted by molar-refractivity contribution is 7.88. The molecule has 0 bridgehead atoms. The monoisotopic (exact) mass is 557 g/mol. The molecule has 0 aromatic heterocycles. The molecule has 3 aromatic rings. The van der Waals surface area contributed by atoms with Crippen LogP contribution in [0.1, 0.15) is 42.1 Å². The molecular weight excluding hydrogens is 526 g/mol. The number of nitrogens with one attached hydrogen (secondary N) is 4. The van der Waals surface area contributed by atoms with Gasteiger partial charge in [0.15, 0.2) is 0 Å². The number of nitrogens with two attached hydrogens (primary N) is 1. The molecule has 0 saturated carbocycles. The molecule has 9 nitrogen and oxygen atoms in total. The summed E-state index contributed by atoms with van der Waals surface area (Å²) in [4.78, 5) is 26.2. The van der Waals surface area contributed by atoms with Gasteiger partial charge in [0, 0.05) is 12.1 Å². The van der Waals surface area contributed by atoms with Gasteiger partial charge in [0.05, 0.1) is 5.75 Å². The number of halogens is 1. The Bertz CT molecular complexity index is 1350. The summed E-state index contributed by atoms with van der Waals surface area (Å²) in [5, 5.41) is 12.9. The van der Waals surface area contributed by atoms with E-state index in [4.69, 9.17) is 11.1 Å². The summed E-state index contributed by atoms with van der Waals surface area (Å²) in [6.07, 6.45) is 0. The van der Waals surface area contributed by atoms with E-state index >= 15 is 0 Å². The Morgan fingerprint density at radius 2 is 1.45 bits per heavy atom. The van der Waals surface area contributed by atoms with Gasteiger partial charge in [0.2, 0.25) is 21.8 Å². The van der Waals surface area contributed by atoms with E-state index in [9.17, 15) is 18.0 Å². The van der Waals surface area contributed by atoms with Crippen LogP contribution >= 0.6 is 12.4 Å². The molecule has 3 rings (SSSR count). The molecule has 0 saturated heterocycles. The lowest BCUT2D eigenvalue weighted by atomic mass is 10.0. The largest absolute Gasteiger partial charge is 0.384 e. The molecule has 2 amide bonds. The van der Waals surface area contributed by atoms with Crippen molar-refractivity contribution in [2.45, 2.75) is 37.7 Å². The third-order valence-corrected chi connectivity index (χ3v) is 6.92. The highest BCUT2D eigenvalue weighted by Crippen LogP contribution is 2.18. The highest BCUT2D eigenvalue weighted by Gasteiger charge is 2.34. The van der Waals surface area contributed by atoms with E-state index in [-0.39, 0.29) is 30.5 Å². The van der Waals surface area contributed by atoms with Gasteiger partial charge in [-0.05, 0) is 30.5 Å². The molecule has 0 spiro atoms. The zero-order chi connectivity index (χ0) is 27.1. The summed E-state index contributed by atoms with van der Waals surface area (Å²) in [7, 11) is -3.89. The minimum Gasteiger partial charge on any atom is -0.384 e. The van der Waals surface area contributed by atoms with Crippen molar-refractivity contribution in [3.05, 3.63) is 107 Å². The van der Waals surface area contributed by atoms with Gasteiger partial charge in [0.25, 0.3) is 0 Å². The molecule has 1 atom stereocenters. The summed E-state index contributed by atoms with van der Waals surface area (Å²) in [6, 6.07) is 22.7. The van der Waals surface area contributed by atoms with Gasteiger partial charge >= 0.3 is 0 Å². The van der Waals surface area contributed by atoms with Crippen molar-refractivity contribution >= 4 is 40.1 Å². The highest BCUT2D eigenvalue weighted by atomic mass is 35.5. The zero-order valence-electron chi connectivity index (χ0n) is 21.1. The van der Waals surface area contributed by atoms with Gasteiger partial charge < -0.3 is 16.4 Å². The van der Waals surface area contributed by atoms with Crippen molar-refractivity contribution in [2.24, 2.45) is 5.73 Å². The number of amides is 2. The van der Waals surface area contributed by atoms with Crippen LogP contribution < -0.4 is 21.1 Å². The minimum atomic E-state index is -3.89. The van der Waals surface area contributed by atoms with Crippen LogP contribution in [-0.2, 0) is 31.9 Å². The number of nitrogen functional groups attached to an aromatic ring is 1. The number of hydrogen-bond donors (Lipinski definition) is 5. The Morgan fingerprint density at radius 1 is 0.895 bits per heavy atom. The maximum absolute atomic E-state index is 13.3. The van der Waals surface area contributed by atoms with Crippen LogP contribution in [0.4, 0.5) is 0 Å². The smallest absolute Gasteiger partial charge is 0.245 e. The summed E-state index contributed by atoms with van der Waals surface area (Å²) >= 11 is 0. The first kappa shape index (κ1) is 30.5. The first-order valence-electron chi connectivity index (χ1n) is 11.6. The number of benzene rings is 3. The quantitative estimate of drug-likeness (QED) is 0.181. The molecule has 0 radical (unpaired) electrons. The second-order valence-corrected chi connectivity index (χ2v) is 10.9. The average Bonchev–Trinajstić information content (AvgIpc) is 2.86. The minimum absolute atomic E-state index is 0. The maximum Gasteiger partial charge on any atom is 0.245 e. The second kappa shape index (κ2) is 13.2. The van der Waals surface area contributed by atoms with Crippen molar-refractivity contribution in [3.8, 4) is 0 Å². The van der Waals surface area contributed by atoms with Crippen LogP contribution in [-0.4, -0.2) is 31.6 Å². The molecule has 0 aliphatic rings. The summed E-state index contributed by atoms with van der Waals surface area (Å²) in [5.74, 6) is -1.45. The molecule has 3 aromatic carbocycles. The third-order valence-electron chi connectivity index (χ3n) is 5.61. The number of rotatable bonds is 11. The lowest BCUT2D eigenvalue weighted by Crippen LogP contribution is -2.57. The number of sulfonamides is 1. The second-order valence-electron chi connectivity index (χ2n) is 9.11. The van der Waals surface area contributed by atoms with E-state index in [1.807, 2.05) is 0 Å². The fraction of sp³-hybridized carbons (Fsp3) is 0.222. The van der Waals surface area contributed by atoms with E-state index in [0.29, 0.717) is 16.7 Å². The predicted molar refractivity (Wildman–Crippen MR) is 150 cm³/mol. The molecule has 0 fully saturated rings. The maximum atomic E-state index is 13.3. The molecule has 38 heavy (non-hydrogen) atoms. The molecule has 202 valence electrons. The summed E-state index contributed by atoms with van der Waals surface area (Å²) in [6.45, 7) is 3.28. The number of carbonyl (C=O) groups excluding carboxylic acids is 2. The molecule has 0 aliphatic heterocycles. The Hall–Kier alpha value is -3.73. The molecule has 6 N–H and O–H groups in total. The third kappa shape index (κ3) is 8.69. The average molecular weight is 558 g/mol. The molecule has 0 heterocycles. The van der Waals surface area contributed by atoms with Crippen molar-refractivity contribution < 1.29 is 18.0 Å². The fourth-order valence-electron chi connectivity index (χ4n) is 3.58. The number of carbonyl (C=O) groups is 2. The van der Waals surface area contributed by atoms with Crippen molar-refractivity contribution in [2.75, 3.05) is 0 Å². The van der Waals surface area contributed by atoms with Crippen LogP contribution in [0.2, 0.25) is 0 Å². The van der Waals surface area contributed by atoms with Crippen LogP contribution in [0.15, 0.2) is 84.9 Å². The molecule has 0 unspecified atom stereocenters. The lowest BCUT2D eigenvalue weighted by Gasteiger charge is -2.28. The Morgan fingerprint density at radius 3 is 2.00 bits per heavy atom. The van der Waals surface area contributed by atoms with E-state index < -0.39 is 33.4 Å². The Kier molecular flexibility index (Phi) is 10.6. The van der Waals surface area contributed by atoms with Crippen LogP contribution in [0.3, 0.4) is 0 Å². The Balaban J connectivity index is 0.00000507. The fourth-order valence-corrected chi connectivity index (χ4v) is 4.89. The number of hydrogen-bond acceptors (Lipinski definition) is 5. The van der Waals surface area contributed by atoms with E-state index in [1.165, 1.54) is 0 Å². The molecular formula is C27H32ClN5O4S. The van der Waals surface area contributed by atoms with Gasteiger partial charge in [-0.2, -0.15) is 4.72 Å². The predicted octanol–water partition coefficient (Wildman–Crippen LogP) is 2.76. The normalized spacial score (nSPS) is 12.1. The summed E-state index contributed by atoms with van der Waals surface area (Å²) in [5.41, 5.74) is 6.51. The Labute approximate surface area is 229 Å². The summed E-state index contributed by atoms with van der Waals surface area (Å²) < 4.78 is 28.3. The van der Waals surface area contributed by atoms with Gasteiger partial charge in [-0.3, -0.25) is 15.0 Å². The van der Waals surface area contributed by atoms with Crippen LogP contribution in [0.5, 0.6) is 0 Å². The van der Waals surface area contributed by atoms with Gasteiger partial charge in [-0.25, -0.2) is 8.42 Å². The van der Waals surface area contributed by atoms with E-state index in [2.05, 4.69) is 15.4 Å². The first-order chi connectivity index (χ1) is 17.5. The van der Waals surface area contributed by atoms with Gasteiger partial charge in [0.1, 0.15) is 17.4 Å².